The number of piperidine rings is 1. The van der Waals surface area contributed by atoms with Crippen molar-refractivity contribution >= 4 is 44.3 Å². The third-order valence-electron chi connectivity index (χ3n) is 6.50. The highest BCUT2D eigenvalue weighted by molar-refractivity contribution is 7.23. The molecule has 2 aliphatic heterocycles. The van der Waals surface area contributed by atoms with Crippen LogP contribution in [0.1, 0.15) is 51.2 Å². The molecule has 36 heavy (non-hydrogen) atoms. The third kappa shape index (κ3) is 4.25. The fourth-order valence-corrected chi connectivity index (χ4v) is 5.78. The maximum atomic E-state index is 13.5. The number of anilines is 1. The molecule has 0 aliphatic carbocycles. The summed E-state index contributed by atoms with van der Waals surface area (Å²) in [5, 5.41) is 2.56. The number of ether oxygens (including phenoxy) is 1. The Hall–Kier alpha value is -3.67. The number of likely N-dealkylation sites (tertiary alicyclic amines) is 1. The number of nitrogens with two attached hydrogens (primary N) is 1. The fourth-order valence-electron chi connectivity index (χ4n) is 4.71. The molecule has 8 nitrogen and oxygen atoms in total. The zero-order valence-corrected chi connectivity index (χ0v) is 19.9. The van der Waals surface area contributed by atoms with E-state index >= 15 is 0 Å². The van der Waals surface area contributed by atoms with Gasteiger partial charge in [-0.05, 0) is 31.2 Å². The average Bonchev–Trinajstić information content (AvgIpc) is 3.15. The van der Waals surface area contributed by atoms with Gasteiger partial charge in [0.15, 0.2) is 5.78 Å². The number of carbonyl (C=O) groups excluding carboxylic acids is 3. The average molecular weight is 519 g/mol. The highest BCUT2D eigenvalue weighted by Gasteiger charge is 2.44. The molecule has 1 saturated heterocycles. The molecule has 0 atom stereocenters. The van der Waals surface area contributed by atoms with Crippen LogP contribution in [-0.2, 0) is 6.18 Å². The van der Waals surface area contributed by atoms with Gasteiger partial charge in [0.2, 0.25) is 0 Å². The Labute approximate surface area is 207 Å². The Bertz CT molecular complexity index is 1410. The molecular formula is C24H21F3N4O4S. The summed E-state index contributed by atoms with van der Waals surface area (Å²) in [4.78, 5) is 43.0. The number of aromatic nitrogens is 1. The number of amides is 3. The van der Waals surface area contributed by atoms with Crippen molar-refractivity contribution in [2.45, 2.75) is 38.0 Å². The van der Waals surface area contributed by atoms with Gasteiger partial charge in [-0.2, -0.15) is 13.2 Å². The highest BCUT2D eigenvalue weighted by Crippen LogP contribution is 2.42. The van der Waals surface area contributed by atoms with Gasteiger partial charge in [0.05, 0.1) is 17.5 Å². The predicted octanol–water partition coefficient (Wildman–Crippen LogP) is 4.75. The van der Waals surface area contributed by atoms with Crippen molar-refractivity contribution in [2.24, 2.45) is 5.73 Å². The number of hydrogen-bond acceptors (Lipinski definition) is 6. The molecule has 1 fully saturated rings. The number of ketones is 1. The molecule has 3 N–H and O–H groups in total. The minimum atomic E-state index is -4.66. The lowest BCUT2D eigenvalue weighted by atomic mass is 9.82. The number of pyridine rings is 1. The van der Waals surface area contributed by atoms with Crippen LogP contribution in [0, 0.1) is 6.92 Å². The molecule has 0 saturated carbocycles. The highest BCUT2D eigenvalue weighted by atomic mass is 32.1. The molecular weight excluding hydrogens is 497 g/mol. The van der Waals surface area contributed by atoms with Crippen molar-refractivity contribution in [2.75, 3.05) is 18.4 Å². The molecule has 0 bridgehead atoms. The van der Waals surface area contributed by atoms with E-state index in [9.17, 15) is 27.6 Å². The van der Waals surface area contributed by atoms with E-state index in [1.54, 1.807) is 12.1 Å². The number of halogens is 3. The molecule has 3 amide bonds. The SMILES string of the molecule is Cc1ccc2c(c1)C(=O)CC1(CCN(C(=O)c3c(NC(N)=O)sc4nc(C(F)(F)F)ccc34)CC1)O2. The Balaban J connectivity index is 1.41. The van der Waals surface area contributed by atoms with Crippen LogP contribution in [0.15, 0.2) is 30.3 Å². The van der Waals surface area contributed by atoms with Crippen LogP contribution < -0.4 is 15.8 Å². The van der Waals surface area contributed by atoms with E-state index in [4.69, 9.17) is 10.5 Å². The number of hydrogen-bond donors (Lipinski definition) is 2. The first-order valence-electron chi connectivity index (χ1n) is 11.2. The van der Waals surface area contributed by atoms with Crippen LogP contribution >= 0.6 is 11.3 Å². The lowest BCUT2D eigenvalue weighted by Gasteiger charge is -2.44. The molecule has 5 rings (SSSR count). The smallest absolute Gasteiger partial charge is 0.433 e. The number of benzene rings is 1. The summed E-state index contributed by atoms with van der Waals surface area (Å²) in [5.74, 6) is 0.0440. The Morgan fingerprint density at radius 2 is 1.92 bits per heavy atom. The van der Waals surface area contributed by atoms with E-state index in [1.807, 2.05) is 13.0 Å². The largest absolute Gasteiger partial charge is 0.486 e. The van der Waals surface area contributed by atoms with Gasteiger partial charge in [-0.15, -0.1) is 0 Å². The van der Waals surface area contributed by atoms with E-state index in [0.29, 0.717) is 24.2 Å². The topological polar surface area (TPSA) is 115 Å². The minimum absolute atomic E-state index is 0.0111. The lowest BCUT2D eigenvalue weighted by molar-refractivity contribution is -0.140. The number of thiophene rings is 1. The minimum Gasteiger partial charge on any atom is -0.486 e. The fraction of sp³-hybridized carbons (Fsp3) is 0.333. The van der Waals surface area contributed by atoms with Gasteiger partial charge in [0.1, 0.15) is 26.9 Å². The molecule has 2 aromatic heterocycles. The summed E-state index contributed by atoms with van der Waals surface area (Å²) < 4.78 is 45.7. The first-order valence-corrected chi connectivity index (χ1v) is 12.0. The maximum absolute atomic E-state index is 13.5. The predicted molar refractivity (Wildman–Crippen MR) is 126 cm³/mol. The third-order valence-corrected chi connectivity index (χ3v) is 7.52. The molecule has 1 aromatic carbocycles. The zero-order chi connectivity index (χ0) is 25.8. The van der Waals surface area contributed by atoms with Crippen molar-refractivity contribution in [1.82, 2.24) is 9.88 Å². The molecule has 12 heteroatoms. The summed E-state index contributed by atoms with van der Waals surface area (Å²) in [7, 11) is 0. The van der Waals surface area contributed by atoms with E-state index < -0.39 is 29.4 Å². The summed E-state index contributed by atoms with van der Waals surface area (Å²) >= 11 is 0.750. The molecule has 3 aromatic rings. The number of carbonyl (C=O) groups is 3. The summed E-state index contributed by atoms with van der Waals surface area (Å²) in [6, 6.07) is 6.47. The second-order valence-electron chi connectivity index (χ2n) is 9.02. The summed E-state index contributed by atoms with van der Waals surface area (Å²) in [5.41, 5.74) is 4.94. The van der Waals surface area contributed by atoms with Gasteiger partial charge < -0.3 is 15.4 Å². The van der Waals surface area contributed by atoms with Crippen molar-refractivity contribution < 1.29 is 32.3 Å². The van der Waals surface area contributed by atoms with Crippen LogP contribution in [0.25, 0.3) is 10.2 Å². The summed E-state index contributed by atoms with van der Waals surface area (Å²) in [6.07, 6.45) is -3.66. The molecule has 0 unspecified atom stereocenters. The van der Waals surface area contributed by atoms with Crippen molar-refractivity contribution in [3.63, 3.8) is 0 Å². The molecule has 2 aliphatic rings. The first kappa shape index (κ1) is 24.0. The Kier molecular flexibility index (Phi) is 5.66. The summed E-state index contributed by atoms with van der Waals surface area (Å²) in [6.45, 7) is 2.42. The Morgan fingerprint density at radius 3 is 2.58 bits per heavy atom. The molecule has 0 radical (unpaired) electrons. The monoisotopic (exact) mass is 518 g/mol. The Morgan fingerprint density at radius 1 is 1.19 bits per heavy atom. The van der Waals surface area contributed by atoms with Crippen molar-refractivity contribution in [3.05, 3.63) is 52.7 Å². The number of rotatable bonds is 2. The van der Waals surface area contributed by atoms with E-state index in [0.717, 1.165) is 23.0 Å². The number of nitrogens with one attached hydrogen (secondary N) is 1. The van der Waals surface area contributed by atoms with Gasteiger partial charge in [-0.3, -0.25) is 14.9 Å². The maximum Gasteiger partial charge on any atom is 0.433 e. The van der Waals surface area contributed by atoms with E-state index in [-0.39, 0.29) is 46.1 Å². The van der Waals surface area contributed by atoms with Crippen molar-refractivity contribution in [3.8, 4) is 5.75 Å². The number of urea groups is 1. The van der Waals surface area contributed by atoms with Crippen molar-refractivity contribution in [1.29, 1.82) is 0 Å². The number of fused-ring (bicyclic) bond motifs is 2. The van der Waals surface area contributed by atoms with Gasteiger partial charge in [0, 0.05) is 31.3 Å². The van der Waals surface area contributed by atoms with E-state index in [2.05, 4.69) is 10.3 Å². The number of Topliss-reactive ketones (excluding diaryl/α,β-unsaturated/α-hetero) is 1. The zero-order valence-electron chi connectivity index (χ0n) is 19.1. The van der Waals surface area contributed by atoms with Crippen LogP contribution in [0.4, 0.5) is 23.0 Å². The van der Waals surface area contributed by atoms with Gasteiger partial charge in [-0.25, -0.2) is 9.78 Å². The first-order chi connectivity index (χ1) is 17.0. The van der Waals surface area contributed by atoms with Gasteiger partial charge >= 0.3 is 12.2 Å². The number of primary amides is 1. The molecule has 4 heterocycles. The number of alkyl halides is 3. The quantitative estimate of drug-likeness (QED) is 0.508. The standard InChI is InChI=1S/C24H21F3N4O4S/c1-12-2-4-16-14(10-12)15(32)11-23(35-16)6-8-31(9-7-23)21(33)18-13-3-5-17(24(25,26)27)29-19(13)36-20(18)30-22(28)34/h2-5,10H,6-9,11H2,1H3,(H3,28,30,34). The second kappa shape index (κ2) is 8.47. The van der Waals surface area contributed by atoms with Crippen LogP contribution in [-0.4, -0.2) is 46.3 Å². The lowest BCUT2D eigenvalue weighted by Crippen LogP contribution is -2.52. The molecule has 188 valence electrons. The van der Waals surface area contributed by atoms with Crippen LogP contribution in [0.5, 0.6) is 5.75 Å². The van der Waals surface area contributed by atoms with Gasteiger partial charge in [0.25, 0.3) is 5.91 Å². The van der Waals surface area contributed by atoms with E-state index in [1.165, 1.54) is 11.0 Å². The second-order valence-corrected chi connectivity index (χ2v) is 10.0. The molecule has 1 spiro atoms. The number of aryl methyl sites for hydroxylation is 1. The van der Waals surface area contributed by atoms with Gasteiger partial charge in [-0.1, -0.05) is 23.0 Å². The van der Waals surface area contributed by atoms with Crippen LogP contribution in [0.2, 0.25) is 0 Å². The number of nitrogens with zero attached hydrogens (tertiary/aromatic N) is 2. The van der Waals surface area contributed by atoms with Crippen LogP contribution in [0.3, 0.4) is 0 Å². The normalized spacial score (nSPS) is 17.1.